The number of hydrogen-bond acceptors (Lipinski definition) is 6. The van der Waals surface area contributed by atoms with E-state index in [9.17, 15) is 14.4 Å². The molecule has 2 saturated heterocycles. The van der Waals surface area contributed by atoms with Crippen molar-refractivity contribution in [1.82, 2.24) is 15.5 Å². The van der Waals surface area contributed by atoms with E-state index in [1.807, 2.05) is 18.2 Å². The highest BCUT2D eigenvalue weighted by molar-refractivity contribution is 6.05. The summed E-state index contributed by atoms with van der Waals surface area (Å²) in [5.74, 6) is 0.639. The predicted molar refractivity (Wildman–Crippen MR) is 125 cm³/mol. The molecular formula is C26H35N3O5. The van der Waals surface area contributed by atoms with Crippen molar-refractivity contribution in [3.63, 3.8) is 0 Å². The highest BCUT2D eigenvalue weighted by Gasteiger charge is 2.39. The molecule has 3 atom stereocenters. The third kappa shape index (κ3) is 5.13. The van der Waals surface area contributed by atoms with E-state index in [4.69, 9.17) is 9.47 Å². The van der Waals surface area contributed by atoms with Gasteiger partial charge in [-0.25, -0.2) is 0 Å². The van der Waals surface area contributed by atoms with Crippen LogP contribution in [0.4, 0.5) is 0 Å². The zero-order valence-corrected chi connectivity index (χ0v) is 19.7. The third-order valence-electron chi connectivity index (χ3n) is 7.74. The average Bonchev–Trinajstić information content (AvgIpc) is 3.00. The van der Waals surface area contributed by atoms with Crippen LogP contribution in [0.2, 0.25) is 0 Å². The van der Waals surface area contributed by atoms with Crippen LogP contribution in [0.25, 0.3) is 0 Å². The quantitative estimate of drug-likeness (QED) is 0.491. The first-order chi connectivity index (χ1) is 16.6. The molecule has 34 heavy (non-hydrogen) atoms. The molecule has 184 valence electrons. The topological polar surface area (TPSA) is 97.0 Å². The molecule has 0 aromatic heterocycles. The lowest BCUT2D eigenvalue weighted by Crippen LogP contribution is -2.52. The summed E-state index contributed by atoms with van der Waals surface area (Å²) >= 11 is 0. The molecule has 1 aromatic carbocycles. The summed E-state index contributed by atoms with van der Waals surface area (Å²) in [7, 11) is 0. The van der Waals surface area contributed by atoms with Crippen molar-refractivity contribution in [2.24, 2.45) is 5.92 Å². The van der Waals surface area contributed by atoms with Crippen LogP contribution in [-0.4, -0.2) is 60.6 Å². The van der Waals surface area contributed by atoms with Crippen molar-refractivity contribution in [3.05, 3.63) is 29.3 Å². The molecule has 1 aliphatic carbocycles. The monoisotopic (exact) mass is 469 g/mol. The zero-order valence-electron chi connectivity index (χ0n) is 19.7. The number of nitrogens with one attached hydrogen (secondary N) is 2. The molecular weight excluding hydrogens is 434 g/mol. The second kappa shape index (κ2) is 10.4. The first-order valence-corrected chi connectivity index (χ1v) is 12.8. The van der Waals surface area contributed by atoms with Crippen molar-refractivity contribution in [3.8, 4) is 5.75 Å². The van der Waals surface area contributed by atoms with Gasteiger partial charge in [-0.15, -0.1) is 0 Å². The third-order valence-corrected chi connectivity index (χ3v) is 7.74. The van der Waals surface area contributed by atoms with Gasteiger partial charge in [0, 0.05) is 37.8 Å². The van der Waals surface area contributed by atoms with Crippen molar-refractivity contribution in [1.29, 1.82) is 0 Å². The summed E-state index contributed by atoms with van der Waals surface area (Å²) in [6.45, 7) is 3.10. The van der Waals surface area contributed by atoms with Crippen LogP contribution in [0.15, 0.2) is 18.2 Å². The summed E-state index contributed by atoms with van der Waals surface area (Å²) in [5.41, 5.74) is 1.50. The van der Waals surface area contributed by atoms with Crippen LogP contribution in [-0.2, 0) is 20.9 Å². The fraction of sp³-hybridized carbons (Fsp3) is 0.654. The molecule has 0 bridgehead atoms. The number of carbonyl (C=O) groups is 3. The molecule has 1 aromatic rings. The Morgan fingerprint density at radius 3 is 2.68 bits per heavy atom. The number of carbonyl (C=O) groups excluding carboxylic acids is 3. The van der Waals surface area contributed by atoms with Crippen LogP contribution < -0.4 is 15.4 Å². The van der Waals surface area contributed by atoms with Gasteiger partial charge in [0.1, 0.15) is 17.9 Å². The molecule has 3 heterocycles. The second-order valence-electron chi connectivity index (χ2n) is 10.1. The first kappa shape index (κ1) is 23.3. The van der Waals surface area contributed by atoms with Crippen molar-refractivity contribution in [2.75, 3.05) is 19.8 Å². The fourth-order valence-electron chi connectivity index (χ4n) is 5.72. The molecule has 8 heteroatoms. The number of nitrogens with zero attached hydrogens (tertiary/aromatic N) is 1. The number of hydrogen-bond donors (Lipinski definition) is 2. The van der Waals surface area contributed by atoms with E-state index >= 15 is 0 Å². The molecule has 0 radical (unpaired) electrons. The van der Waals surface area contributed by atoms with Crippen molar-refractivity contribution < 1.29 is 23.9 Å². The average molecular weight is 470 g/mol. The number of amides is 3. The first-order valence-electron chi connectivity index (χ1n) is 12.8. The normalized spacial score (nSPS) is 28.4. The minimum absolute atomic E-state index is 0.101. The van der Waals surface area contributed by atoms with Crippen LogP contribution in [0.5, 0.6) is 5.75 Å². The molecule has 0 spiro atoms. The van der Waals surface area contributed by atoms with Gasteiger partial charge in [0.15, 0.2) is 0 Å². The lowest BCUT2D eigenvalue weighted by molar-refractivity contribution is -0.136. The van der Waals surface area contributed by atoms with Crippen LogP contribution in [0.3, 0.4) is 0 Å². The van der Waals surface area contributed by atoms with E-state index in [-0.39, 0.29) is 30.2 Å². The van der Waals surface area contributed by atoms with Gasteiger partial charge in [0.2, 0.25) is 11.8 Å². The Kier molecular flexibility index (Phi) is 7.15. The highest BCUT2D eigenvalue weighted by atomic mass is 16.5. The summed E-state index contributed by atoms with van der Waals surface area (Å²) in [6.07, 6.45) is 8.70. The minimum atomic E-state index is -0.595. The summed E-state index contributed by atoms with van der Waals surface area (Å²) in [5, 5.41) is 6.16. The van der Waals surface area contributed by atoms with Gasteiger partial charge in [-0.2, -0.15) is 0 Å². The summed E-state index contributed by atoms with van der Waals surface area (Å²) in [4.78, 5) is 38.3. The molecule has 5 rings (SSSR count). The molecule has 8 nitrogen and oxygen atoms in total. The summed E-state index contributed by atoms with van der Waals surface area (Å²) < 4.78 is 12.0. The lowest BCUT2D eigenvalue weighted by Gasteiger charge is -2.30. The SMILES string of the molecule is O=C1CCC(N2Cc3cc(O[C@@H]4CCCCC[C@H]4NCC4CCOCC4)ccc3C2=O)C(=O)N1. The van der Waals surface area contributed by atoms with E-state index in [1.54, 1.807) is 4.90 Å². The number of rotatable bonds is 6. The highest BCUT2D eigenvalue weighted by Crippen LogP contribution is 2.32. The van der Waals surface area contributed by atoms with E-state index in [2.05, 4.69) is 10.6 Å². The number of benzene rings is 1. The Hall–Kier alpha value is -2.45. The molecule has 3 amide bonds. The van der Waals surface area contributed by atoms with Gasteiger partial charge in [0.05, 0.1) is 0 Å². The second-order valence-corrected chi connectivity index (χ2v) is 10.1. The smallest absolute Gasteiger partial charge is 0.255 e. The fourth-order valence-corrected chi connectivity index (χ4v) is 5.72. The predicted octanol–water partition coefficient (Wildman–Crippen LogP) is 2.54. The van der Waals surface area contributed by atoms with Crippen LogP contribution >= 0.6 is 0 Å². The maximum Gasteiger partial charge on any atom is 0.255 e. The standard InChI is InChI=1S/C26H35N3O5/c30-24-9-8-22(25(31)28-24)29-16-18-14-19(6-7-20(18)26(29)32)34-23-5-3-1-2-4-21(23)27-15-17-10-12-33-13-11-17/h6-7,14,17,21-23,27H,1-5,8-13,15-16H2,(H,28,30,31)/t21-,22?,23-/m1/s1. The van der Waals surface area contributed by atoms with Gasteiger partial charge in [-0.3, -0.25) is 19.7 Å². The molecule has 3 fully saturated rings. The van der Waals surface area contributed by atoms with E-state index < -0.39 is 6.04 Å². The maximum absolute atomic E-state index is 13.0. The number of imide groups is 1. The largest absolute Gasteiger partial charge is 0.489 e. The number of fused-ring (bicyclic) bond motifs is 1. The minimum Gasteiger partial charge on any atom is -0.489 e. The van der Waals surface area contributed by atoms with Gasteiger partial charge in [0.25, 0.3) is 5.91 Å². The zero-order chi connectivity index (χ0) is 23.5. The number of ether oxygens (including phenoxy) is 2. The van der Waals surface area contributed by atoms with Gasteiger partial charge < -0.3 is 19.7 Å². The Balaban J connectivity index is 1.24. The van der Waals surface area contributed by atoms with Crippen molar-refractivity contribution in [2.45, 2.75) is 82.5 Å². The van der Waals surface area contributed by atoms with Crippen molar-refractivity contribution >= 4 is 17.7 Å². The molecule has 1 saturated carbocycles. The Morgan fingerprint density at radius 2 is 1.85 bits per heavy atom. The molecule has 2 N–H and O–H groups in total. The van der Waals surface area contributed by atoms with E-state index in [0.29, 0.717) is 30.5 Å². The molecule has 4 aliphatic rings. The van der Waals surface area contributed by atoms with Crippen LogP contribution in [0.1, 0.15) is 73.7 Å². The lowest BCUT2D eigenvalue weighted by atomic mass is 9.98. The van der Waals surface area contributed by atoms with Crippen LogP contribution in [0, 0.1) is 5.92 Å². The Morgan fingerprint density at radius 1 is 1.03 bits per heavy atom. The van der Waals surface area contributed by atoms with E-state index in [0.717, 1.165) is 63.2 Å². The Bertz CT molecular complexity index is 929. The Labute approximate surface area is 200 Å². The van der Waals surface area contributed by atoms with Gasteiger partial charge in [-0.05, 0) is 74.8 Å². The maximum atomic E-state index is 13.0. The summed E-state index contributed by atoms with van der Waals surface area (Å²) in [6, 6.07) is 5.38. The van der Waals surface area contributed by atoms with Gasteiger partial charge >= 0.3 is 0 Å². The van der Waals surface area contributed by atoms with Gasteiger partial charge in [-0.1, -0.05) is 12.8 Å². The molecule has 3 aliphatic heterocycles. The van der Waals surface area contributed by atoms with E-state index in [1.165, 1.54) is 12.8 Å². The molecule has 1 unspecified atom stereocenters. The number of piperidine rings is 1.